The van der Waals surface area contributed by atoms with Crippen LogP contribution in [0.4, 0.5) is 9.18 Å². The number of nitrogens with two attached hydrogens (primary N) is 1. The van der Waals surface area contributed by atoms with Crippen LogP contribution in [0.15, 0.2) is 30.4 Å². The third kappa shape index (κ3) is 6.73. The minimum absolute atomic E-state index is 0.0224. The number of halogens is 1. The fourth-order valence-corrected chi connectivity index (χ4v) is 8.30. The van der Waals surface area contributed by atoms with Gasteiger partial charge in [0.25, 0.3) is 5.91 Å². The molecule has 260 valence electrons. The van der Waals surface area contributed by atoms with Gasteiger partial charge in [0, 0.05) is 24.4 Å². The Morgan fingerprint density at radius 2 is 1.94 bits per heavy atom. The summed E-state index contributed by atoms with van der Waals surface area (Å²) in [5.41, 5.74) is 5.31. The summed E-state index contributed by atoms with van der Waals surface area (Å²) in [6.07, 6.45) is 6.47. The number of carbonyl (C=O) groups is 4. The van der Waals surface area contributed by atoms with Crippen molar-refractivity contribution < 1.29 is 36.7 Å². The van der Waals surface area contributed by atoms with Crippen molar-refractivity contribution in [3.63, 3.8) is 0 Å². The number of nitrogens with zero attached hydrogens (tertiary/aromatic N) is 2. The van der Waals surface area contributed by atoms with Gasteiger partial charge in [-0.3, -0.25) is 24.0 Å². The smallest absolute Gasteiger partial charge is 0.410 e. The molecular weight excluding hydrogens is 664 g/mol. The molecule has 3 fully saturated rings. The summed E-state index contributed by atoms with van der Waals surface area (Å²) >= 11 is 5.05. The summed E-state index contributed by atoms with van der Waals surface area (Å²) < 4.78 is 47.3. The molecule has 0 unspecified atom stereocenters. The Hall–Kier alpha value is -3.79. The molecule has 13 nitrogen and oxygen atoms in total. The van der Waals surface area contributed by atoms with Crippen LogP contribution in [0.2, 0.25) is 0 Å². The van der Waals surface area contributed by atoms with Gasteiger partial charge >= 0.3 is 6.09 Å². The lowest BCUT2D eigenvalue weighted by Gasteiger charge is -2.30. The van der Waals surface area contributed by atoms with Gasteiger partial charge in [-0.15, -0.1) is 0 Å². The molecule has 1 saturated heterocycles. The summed E-state index contributed by atoms with van der Waals surface area (Å²) in [5.74, 6) is -2.84. The molecule has 3 aliphatic heterocycles. The predicted octanol–water partition coefficient (Wildman–Crippen LogP) is 1.84. The lowest BCUT2D eigenvalue weighted by Crippen LogP contribution is -2.58. The van der Waals surface area contributed by atoms with Crippen molar-refractivity contribution in [1.29, 1.82) is 0 Å². The topological polar surface area (TPSA) is 180 Å². The maximum atomic E-state index is 14.3. The molecule has 2 saturated carbocycles. The first-order valence-corrected chi connectivity index (χ1v) is 18.3. The SMILES string of the molecule is CC1(S(=O)(=O)NC(=O)[C@@]23C[C@H]2/C=C\CCCCC[C@H](NC(N)=S)C(=O)N2C[C@H](OC(=O)N4Cc5cccc(F)c5C4)C[C@H]2C(=O)N3)CC1. The molecule has 1 aromatic carbocycles. The molecule has 5 N–H and O–H groups in total. The fourth-order valence-electron chi connectivity index (χ4n) is 6.85. The second-order valence-electron chi connectivity index (χ2n) is 13.8. The Morgan fingerprint density at radius 3 is 2.65 bits per heavy atom. The number of allylic oxidation sites excluding steroid dienone is 1. The number of sulfonamides is 1. The Balaban J connectivity index is 1.24. The first kappa shape index (κ1) is 34.1. The summed E-state index contributed by atoms with van der Waals surface area (Å²) in [6.45, 7) is 1.62. The lowest BCUT2D eigenvalue weighted by atomic mass is 10.1. The highest BCUT2D eigenvalue weighted by Gasteiger charge is 2.63. The van der Waals surface area contributed by atoms with Crippen LogP contribution in [0.1, 0.15) is 75.8 Å². The van der Waals surface area contributed by atoms with E-state index in [1.54, 1.807) is 19.1 Å². The zero-order valence-electron chi connectivity index (χ0n) is 26.7. The molecule has 48 heavy (non-hydrogen) atoms. The third-order valence-corrected chi connectivity index (χ3v) is 12.5. The minimum atomic E-state index is -3.99. The van der Waals surface area contributed by atoms with Gasteiger partial charge in [-0.2, -0.15) is 0 Å². The largest absolute Gasteiger partial charge is 0.444 e. The van der Waals surface area contributed by atoms with E-state index in [9.17, 15) is 32.0 Å². The van der Waals surface area contributed by atoms with Crippen LogP contribution in [0.3, 0.4) is 0 Å². The first-order valence-electron chi connectivity index (χ1n) is 16.4. The van der Waals surface area contributed by atoms with Gasteiger partial charge < -0.3 is 26.0 Å². The highest BCUT2D eigenvalue weighted by molar-refractivity contribution is 7.91. The molecule has 0 radical (unpaired) electrons. The Morgan fingerprint density at radius 1 is 1.17 bits per heavy atom. The van der Waals surface area contributed by atoms with Gasteiger partial charge in [-0.05, 0) is 69.3 Å². The number of hydrogen-bond acceptors (Lipinski definition) is 8. The number of amides is 4. The number of hydrogen-bond donors (Lipinski definition) is 4. The van der Waals surface area contributed by atoms with Crippen molar-refractivity contribution in [1.82, 2.24) is 25.2 Å². The first-order chi connectivity index (χ1) is 22.7. The molecule has 4 amide bonds. The van der Waals surface area contributed by atoms with E-state index in [-0.39, 0.29) is 37.6 Å². The normalized spacial score (nSPS) is 30.4. The summed E-state index contributed by atoms with van der Waals surface area (Å²) in [5, 5.41) is 5.56. The zero-order chi connectivity index (χ0) is 34.4. The number of ether oxygens (including phenoxy) is 1. The number of nitrogens with one attached hydrogen (secondary N) is 3. The van der Waals surface area contributed by atoms with Crippen LogP contribution in [0, 0.1) is 11.7 Å². The van der Waals surface area contributed by atoms with Crippen LogP contribution in [0.5, 0.6) is 0 Å². The maximum Gasteiger partial charge on any atom is 0.410 e. The van der Waals surface area contributed by atoms with Crippen LogP contribution in [-0.4, -0.2) is 82.2 Å². The van der Waals surface area contributed by atoms with Crippen molar-refractivity contribution in [3.8, 4) is 0 Å². The number of carbonyl (C=O) groups excluding carboxylic acids is 4. The predicted molar refractivity (Wildman–Crippen MR) is 176 cm³/mol. The van der Waals surface area contributed by atoms with E-state index in [1.807, 2.05) is 12.2 Å². The molecule has 0 aromatic heterocycles. The Kier molecular flexibility index (Phi) is 9.17. The van der Waals surface area contributed by atoms with E-state index in [2.05, 4.69) is 15.4 Å². The quantitative estimate of drug-likeness (QED) is 0.261. The lowest BCUT2D eigenvalue weighted by molar-refractivity contribution is -0.141. The van der Waals surface area contributed by atoms with E-state index in [0.29, 0.717) is 43.2 Å². The van der Waals surface area contributed by atoms with Crippen LogP contribution in [0.25, 0.3) is 0 Å². The Bertz CT molecular complexity index is 1670. The van der Waals surface area contributed by atoms with Gasteiger partial charge in [0.15, 0.2) is 5.11 Å². The second kappa shape index (κ2) is 12.9. The number of fused-ring (bicyclic) bond motifs is 3. The van der Waals surface area contributed by atoms with Crippen molar-refractivity contribution in [2.24, 2.45) is 11.7 Å². The monoisotopic (exact) mass is 704 g/mol. The van der Waals surface area contributed by atoms with Gasteiger partial charge in [0.05, 0.1) is 17.8 Å². The van der Waals surface area contributed by atoms with E-state index >= 15 is 0 Å². The highest BCUT2D eigenvalue weighted by Crippen LogP contribution is 2.47. The number of benzene rings is 1. The van der Waals surface area contributed by atoms with Crippen molar-refractivity contribution in [3.05, 3.63) is 47.3 Å². The minimum Gasteiger partial charge on any atom is -0.444 e. The molecule has 3 heterocycles. The molecule has 2 aliphatic carbocycles. The van der Waals surface area contributed by atoms with E-state index in [0.717, 1.165) is 12.8 Å². The number of thiocarbonyl (C=S) groups is 1. The Labute approximate surface area is 284 Å². The third-order valence-electron chi connectivity index (χ3n) is 10.2. The van der Waals surface area contributed by atoms with E-state index in [1.165, 1.54) is 15.9 Å². The molecule has 1 aromatic rings. The summed E-state index contributed by atoms with van der Waals surface area (Å²) in [4.78, 5) is 57.6. The highest BCUT2D eigenvalue weighted by atomic mass is 32.2. The van der Waals surface area contributed by atoms with E-state index in [4.69, 9.17) is 22.7 Å². The van der Waals surface area contributed by atoms with Crippen LogP contribution in [-0.2, 0) is 42.2 Å². The van der Waals surface area contributed by atoms with E-state index < -0.39 is 74.0 Å². The molecule has 16 heteroatoms. The average Bonchev–Trinajstić information content (AvgIpc) is 3.81. The van der Waals surface area contributed by atoms with Crippen LogP contribution >= 0.6 is 12.2 Å². The maximum absolute atomic E-state index is 14.3. The fraction of sp³-hybridized carbons (Fsp3) is 0.594. The van der Waals surface area contributed by atoms with Crippen molar-refractivity contribution in [2.75, 3.05) is 6.54 Å². The molecule has 6 rings (SSSR count). The average molecular weight is 705 g/mol. The molecule has 5 aliphatic rings. The van der Waals surface area contributed by atoms with Gasteiger partial charge in [0.1, 0.15) is 29.5 Å². The van der Waals surface area contributed by atoms with Gasteiger partial charge in [-0.25, -0.2) is 17.6 Å². The van der Waals surface area contributed by atoms with Gasteiger partial charge in [-0.1, -0.05) is 37.1 Å². The molecular formula is C32H41FN6O7S2. The molecule has 0 spiro atoms. The van der Waals surface area contributed by atoms with Gasteiger partial charge in [0.2, 0.25) is 21.8 Å². The molecule has 5 atom stereocenters. The van der Waals surface area contributed by atoms with Crippen molar-refractivity contribution in [2.45, 2.75) is 106 Å². The zero-order valence-corrected chi connectivity index (χ0v) is 28.3. The summed E-state index contributed by atoms with van der Waals surface area (Å²) in [7, 11) is -3.99. The van der Waals surface area contributed by atoms with Crippen molar-refractivity contribution >= 4 is 51.2 Å². The standard InChI is InChI=1S/C32H41FN6O7S2/c1-31(12-13-31)48(44,45)37-28(42)32-15-20(32)9-5-3-2-4-6-11-24(35-29(34)47)27(41)39-17-21(14-25(39)26(40)36-32)46-30(43)38-16-19-8-7-10-23(33)22(19)18-38/h5,7-10,20-21,24-25H,2-4,6,11-18H2,1H3,(H,36,40)(H,37,42)(H3,34,35,47)/b9-5-/t20-,21-,24+,25+,32-/m1/s1. The number of rotatable bonds is 5. The molecule has 0 bridgehead atoms. The summed E-state index contributed by atoms with van der Waals surface area (Å²) in [6, 6.07) is 2.63. The second-order valence-corrected chi connectivity index (χ2v) is 16.4. The van der Waals surface area contributed by atoms with Crippen LogP contribution < -0.4 is 21.1 Å².